The SMILES string of the molecule is O.O=C(O)c1ccccc1C(=O)O.[Bi]. The van der Waals surface area contributed by atoms with E-state index in [0.717, 1.165) is 0 Å². The van der Waals surface area contributed by atoms with Crippen LogP contribution in [0, 0.1) is 0 Å². The van der Waals surface area contributed by atoms with E-state index in [9.17, 15) is 9.59 Å². The molecule has 0 saturated carbocycles. The summed E-state index contributed by atoms with van der Waals surface area (Å²) in [5.74, 6) is -2.46. The summed E-state index contributed by atoms with van der Waals surface area (Å²) < 4.78 is 0. The fraction of sp³-hybridized carbons (Fsp3) is 0. The van der Waals surface area contributed by atoms with Crippen LogP contribution in [0.2, 0.25) is 0 Å². The van der Waals surface area contributed by atoms with Crippen LogP contribution in [0.4, 0.5) is 0 Å². The first kappa shape index (κ1) is 15.5. The van der Waals surface area contributed by atoms with E-state index in [1.807, 2.05) is 0 Å². The molecular weight excluding hydrogens is 385 g/mol. The van der Waals surface area contributed by atoms with Gasteiger partial charge >= 0.3 is 11.9 Å². The van der Waals surface area contributed by atoms with E-state index in [1.54, 1.807) is 0 Å². The van der Waals surface area contributed by atoms with Gasteiger partial charge in [-0.3, -0.25) is 0 Å². The van der Waals surface area contributed by atoms with E-state index in [-0.39, 0.29) is 42.8 Å². The molecule has 0 aliphatic rings. The molecule has 0 spiro atoms. The molecule has 0 atom stereocenters. The average Bonchev–Trinajstić information content (AvgIpc) is 2.04. The predicted octanol–water partition coefficient (Wildman–Crippen LogP) is -0.123. The molecule has 1 aromatic carbocycles. The van der Waals surface area contributed by atoms with Crippen molar-refractivity contribution in [2.75, 3.05) is 0 Å². The summed E-state index contributed by atoms with van der Waals surface area (Å²) in [7, 11) is 0. The molecule has 0 saturated heterocycles. The van der Waals surface area contributed by atoms with Crippen molar-refractivity contribution >= 4 is 38.1 Å². The summed E-state index contributed by atoms with van der Waals surface area (Å²) in [6, 6.07) is 5.48. The van der Waals surface area contributed by atoms with Crippen molar-refractivity contribution in [2.45, 2.75) is 0 Å². The van der Waals surface area contributed by atoms with Crippen LogP contribution < -0.4 is 0 Å². The van der Waals surface area contributed by atoms with Gasteiger partial charge in [-0.1, -0.05) is 12.1 Å². The third-order valence-corrected chi connectivity index (χ3v) is 1.39. The summed E-state index contributed by atoms with van der Waals surface area (Å²) in [5, 5.41) is 17.1. The molecule has 5 nitrogen and oxygen atoms in total. The molecule has 14 heavy (non-hydrogen) atoms. The molecule has 4 N–H and O–H groups in total. The summed E-state index contributed by atoms with van der Waals surface area (Å²) in [6.07, 6.45) is 0. The second kappa shape index (κ2) is 6.46. The van der Waals surface area contributed by atoms with E-state index in [2.05, 4.69) is 0 Å². The Bertz CT molecular complexity index is 303. The van der Waals surface area contributed by atoms with Crippen LogP contribution >= 0.6 is 0 Å². The maximum Gasteiger partial charge on any atom is 0.336 e. The maximum absolute atomic E-state index is 10.5. The summed E-state index contributed by atoms with van der Waals surface area (Å²) in [4.78, 5) is 20.9. The molecule has 0 amide bonds. The van der Waals surface area contributed by atoms with Gasteiger partial charge in [0.15, 0.2) is 0 Å². The van der Waals surface area contributed by atoms with Crippen molar-refractivity contribution in [3.63, 3.8) is 0 Å². The fourth-order valence-electron chi connectivity index (χ4n) is 0.856. The van der Waals surface area contributed by atoms with E-state index >= 15 is 0 Å². The number of hydrogen-bond acceptors (Lipinski definition) is 2. The first-order valence-electron chi connectivity index (χ1n) is 3.18. The Kier molecular flexibility index (Phi) is 7.14. The Morgan fingerprint density at radius 2 is 1.21 bits per heavy atom. The van der Waals surface area contributed by atoms with Gasteiger partial charge in [-0.2, -0.15) is 0 Å². The Balaban J connectivity index is 0. The molecule has 3 radical (unpaired) electrons. The number of rotatable bonds is 2. The fourth-order valence-corrected chi connectivity index (χ4v) is 0.856. The van der Waals surface area contributed by atoms with Crippen molar-refractivity contribution in [1.29, 1.82) is 0 Å². The molecule has 6 heteroatoms. The molecule has 0 bridgehead atoms. The van der Waals surface area contributed by atoms with Gasteiger partial charge < -0.3 is 15.7 Å². The molecular formula is C8H8BiO5. The zero-order valence-corrected chi connectivity index (χ0v) is 10.4. The Labute approximate surface area is 98.8 Å². The Morgan fingerprint density at radius 3 is 1.43 bits per heavy atom. The van der Waals surface area contributed by atoms with Gasteiger partial charge in [-0.05, 0) is 12.1 Å². The predicted molar refractivity (Wildman–Crippen MR) is 49.7 cm³/mol. The molecule has 75 valence electrons. The van der Waals surface area contributed by atoms with Crippen molar-refractivity contribution in [1.82, 2.24) is 0 Å². The Morgan fingerprint density at radius 1 is 0.929 bits per heavy atom. The van der Waals surface area contributed by atoms with Gasteiger partial charge in [0, 0.05) is 26.2 Å². The van der Waals surface area contributed by atoms with Crippen molar-refractivity contribution in [3.8, 4) is 0 Å². The van der Waals surface area contributed by atoms with Gasteiger partial charge in [0.05, 0.1) is 11.1 Å². The van der Waals surface area contributed by atoms with Crippen LogP contribution in [-0.4, -0.2) is 53.8 Å². The molecule has 0 aliphatic heterocycles. The normalized spacial score (nSPS) is 8.00. The second-order valence-corrected chi connectivity index (χ2v) is 2.16. The molecule has 0 fully saturated rings. The number of aromatic carboxylic acids is 2. The topological polar surface area (TPSA) is 106 Å². The van der Waals surface area contributed by atoms with E-state index < -0.39 is 11.9 Å². The van der Waals surface area contributed by atoms with Crippen molar-refractivity contribution < 1.29 is 25.3 Å². The molecule has 0 aliphatic carbocycles. The number of hydrogen-bond donors (Lipinski definition) is 2. The third kappa shape index (κ3) is 3.40. The van der Waals surface area contributed by atoms with Gasteiger partial charge in [0.1, 0.15) is 0 Å². The first-order valence-corrected chi connectivity index (χ1v) is 3.18. The number of carboxylic acid groups (broad SMARTS) is 2. The molecule has 1 rings (SSSR count). The molecule has 0 unspecified atom stereocenters. The number of benzene rings is 1. The van der Waals surface area contributed by atoms with Crippen LogP contribution in [0.5, 0.6) is 0 Å². The van der Waals surface area contributed by atoms with Crippen LogP contribution in [-0.2, 0) is 0 Å². The van der Waals surface area contributed by atoms with Crippen LogP contribution in [0.25, 0.3) is 0 Å². The van der Waals surface area contributed by atoms with Crippen molar-refractivity contribution in [2.24, 2.45) is 0 Å². The molecule has 1 aromatic rings. The van der Waals surface area contributed by atoms with Crippen LogP contribution in [0.1, 0.15) is 20.7 Å². The van der Waals surface area contributed by atoms with E-state index in [4.69, 9.17) is 10.2 Å². The largest absolute Gasteiger partial charge is 0.478 e. The molecule has 0 aromatic heterocycles. The summed E-state index contributed by atoms with van der Waals surface area (Å²) >= 11 is 0. The maximum atomic E-state index is 10.5. The molecule has 0 heterocycles. The van der Waals surface area contributed by atoms with Crippen molar-refractivity contribution in [3.05, 3.63) is 35.4 Å². The summed E-state index contributed by atoms with van der Waals surface area (Å²) in [6.45, 7) is 0. The zero-order chi connectivity index (χ0) is 9.14. The van der Waals surface area contributed by atoms with Crippen LogP contribution in [0.15, 0.2) is 24.3 Å². The minimum atomic E-state index is -1.23. The van der Waals surface area contributed by atoms with Crippen LogP contribution in [0.3, 0.4) is 0 Å². The quantitative estimate of drug-likeness (QED) is 0.684. The number of carboxylic acids is 2. The zero-order valence-electron chi connectivity index (χ0n) is 6.97. The smallest absolute Gasteiger partial charge is 0.336 e. The monoisotopic (exact) mass is 393 g/mol. The number of carbonyl (C=O) groups is 2. The van der Waals surface area contributed by atoms with E-state index in [0.29, 0.717) is 0 Å². The third-order valence-electron chi connectivity index (χ3n) is 1.39. The van der Waals surface area contributed by atoms with E-state index in [1.165, 1.54) is 24.3 Å². The Hall–Kier alpha value is -0.997. The van der Waals surface area contributed by atoms with Gasteiger partial charge in [-0.25, -0.2) is 9.59 Å². The average molecular weight is 393 g/mol. The van der Waals surface area contributed by atoms with Gasteiger partial charge in [-0.15, -0.1) is 0 Å². The summed E-state index contributed by atoms with van der Waals surface area (Å²) in [5.41, 5.74) is -0.380. The standard InChI is InChI=1S/C8H6O4.Bi.H2O/c9-7(10)5-3-1-2-4-6(5)8(11)12;;/h1-4H,(H,9,10)(H,11,12);;1H2. The minimum Gasteiger partial charge on any atom is -0.478 e. The van der Waals surface area contributed by atoms with Gasteiger partial charge in [0.2, 0.25) is 0 Å². The van der Waals surface area contributed by atoms with Gasteiger partial charge in [0.25, 0.3) is 0 Å². The second-order valence-electron chi connectivity index (χ2n) is 2.16. The first-order chi connectivity index (χ1) is 5.63. The minimum absolute atomic E-state index is 0.